The van der Waals surface area contributed by atoms with E-state index in [0.29, 0.717) is 0 Å². The van der Waals surface area contributed by atoms with Crippen LogP contribution in [0, 0.1) is 5.92 Å². The van der Waals surface area contributed by atoms with Gasteiger partial charge in [0.05, 0.1) is 12.2 Å². The molecule has 0 spiro atoms. The number of benzene rings is 2. The van der Waals surface area contributed by atoms with Gasteiger partial charge >= 0.3 is 0 Å². The van der Waals surface area contributed by atoms with Gasteiger partial charge in [-0.3, -0.25) is 0 Å². The molecular weight excluding hydrogens is 324 g/mol. The maximum Gasteiger partial charge on any atom is 0.159 e. The van der Waals surface area contributed by atoms with Gasteiger partial charge in [-0.2, -0.15) is 0 Å². The highest BCUT2D eigenvalue weighted by Gasteiger charge is 2.35. The average molecular weight is 347 g/mol. The van der Waals surface area contributed by atoms with Gasteiger partial charge in [-0.15, -0.1) is 0 Å². The van der Waals surface area contributed by atoms with Crippen LogP contribution in [0.2, 0.25) is 5.02 Å². The van der Waals surface area contributed by atoms with Crippen LogP contribution in [0.5, 0.6) is 0 Å². The number of hydrogen-bond acceptors (Lipinski definition) is 3. The van der Waals surface area contributed by atoms with E-state index in [4.69, 9.17) is 25.8 Å². The van der Waals surface area contributed by atoms with Crippen LogP contribution in [0.3, 0.4) is 0 Å². The van der Waals surface area contributed by atoms with Gasteiger partial charge in [0.2, 0.25) is 0 Å². The quantitative estimate of drug-likeness (QED) is 0.699. The van der Waals surface area contributed by atoms with Crippen LogP contribution in [0.15, 0.2) is 54.6 Å². The van der Waals surface area contributed by atoms with Crippen molar-refractivity contribution in [3.05, 3.63) is 70.7 Å². The molecule has 0 aliphatic carbocycles. The zero-order valence-electron chi connectivity index (χ0n) is 14.0. The van der Waals surface area contributed by atoms with Crippen molar-refractivity contribution in [2.75, 3.05) is 14.2 Å². The lowest BCUT2D eigenvalue weighted by Crippen LogP contribution is -2.33. The van der Waals surface area contributed by atoms with Gasteiger partial charge in [0, 0.05) is 25.2 Å². The molecule has 2 aromatic rings. The lowest BCUT2D eigenvalue weighted by Gasteiger charge is -2.38. The van der Waals surface area contributed by atoms with Crippen molar-refractivity contribution in [1.82, 2.24) is 0 Å². The van der Waals surface area contributed by atoms with Crippen molar-refractivity contribution in [2.24, 2.45) is 5.92 Å². The summed E-state index contributed by atoms with van der Waals surface area (Å²) < 4.78 is 17.5. The first-order valence-electron chi connectivity index (χ1n) is 8.22. The summed E-state index contributed by atoms with van der Waals surface area (Å²) in [4.78, 5) is 0. The van der Waals surface area contributed by atoms with Gasteiger partial charge in [-0.05, 0) is 36.1 Å². The summed E-state index contributed by atoms with van der Waals surface area (Å²) in [6, 6.07) is 18.2. The van der Waals surface area contributed by atoms with Crippen LogP contribution in [0.25, 0.3) is 0 Å². The minimum absolute atomic E-state index is 0.000905. The Kier molecular flexibility index (Phi) is 5.90. The third kappa shape index (κ3) is 3.98. The molecule has 3 atom stereocenters. The Hall–Kier alpha value is -1.39. The number of halogens is 1. The lowest BCUT2D eigenvalue weighted by molar-refractivity contribution is -0.181. The largest absolute Gasteiger partial charge is 0.366 e. The molecule has 3 nitrogen and oxygen atoms in total. The molecule has 128 valence electrons. The summed E-state index contributed by atoms with van der Waals surface area (Å²) in [7, 11) is 3.39. The summed E-state index contributed by atoms with van der Waals surface area (Å²) in [5.41, 5.74) is 2.32. The molecule has 4 heteroatoms. The topological polar surface area (TPSA) is 27.7 Å². The first kappa shape index (κ1) is 17.4. The second kappa shape index (κ2) is 8.13. The second-order valence-electron chi connectivity index (χ2n) is 6.15. The predicted molar refractivity (Wildman–Crippen MR) is 95.0 cm³/mol. The van der Waals surface area contributed by atoms with Gasteiger partial charge in [0.15, 0.2) is 6.29 Å². The standard InChI is InChI=1S/C20H23ClO3/c1-22-20(23-2)16-12-18(14-6-4-3-5-7-14)24-19(13-16)15-8-10-17(21)11-9-15/h3-11,16,18-20H,12-13H2,1-2H3/t16-,18-,19+/m0/s1. The third-order valence-corrected chi connectivity index (χ3v) is 4.88. The van der Waals surface area contributed by atoms with Crippen molar-refractivity contribution >= 4 is 11.6 Å². The maximum atomic E-state index is 6.41. The first-order valence-corrected chi connectivity index (χ1v) is 8.60. The molecule has 0 amide bonds. The molecule has 1 fully saturated rings. The highest BCUT2D eigenvalue weighted by Crippen LogP contribution is 2.43. The van der Waals surface area contributed by atoms with E-state index in [1.807, 2.05) is 42.5 Å². The molecular formula is C20H23ClO3. The molecule has 1 aliphatic rings. The monoisotopic (exact) mass is 346 g/mol. The van der Waals surface area contributed by atoms with Gasteiger partial charge in [-0.1, -0.05) is 54.1 Å². The molecule has 1 heterocycles. The maximum absolute atomic E-state index is 6.41. The molecule has 0 bridgehead atoms. The van der Waals surface area contributed by atoms with Crippen LogP contribution in [0.4, 0.5) is 0 Å². The van der Waals surface area contributed by atoms with Crippen molar-refractivity contribution in [3.63, 3.8) is 0 Å². The SMILES string of the molecule is COC(OC)[C@H]1C[C@@H](c2ccccc2)O[C@@H](c2ccc(Cl)cc2)C1. The summed E-state index contributed by atoms with van der Waals surface area (Å²) >= 11 is 6.02. The molecule has 0 radical (unpaired) electrons. The zero-order valence-corrected chi connectivity index (χ0v) is 14.8. The van der Waals surface area contributed by atoms with Gasteiger partial charge in [0.25, 0.3) is 0 Å². The van der Waals surface area contributed by atoms with Crippen LogP contribution >= 0.6 is 11.6 Å². The highest BCUT2D eigenvalue weighted by atomic mass is 35.5. The molecule has 2 aromatic carbocycles. The Morgan fingerprint density at radius 2 is 1.42 bits per heavy atom. The molecule has 0 N–H and O–H groups in total. The fourth-order valence-electron chi connectivity index (χ4n) is 3.43. The van der Waals surface area contributed by atoms with Crippen LogP contribution in [-0.2, 0) is 14.2 Å². The van der Waals surface area contributed by atoms with E-state index in [2.05, 4.69) is 12.1 Å². The zero-order chi connectivity index (χ0) is 16.9. The predicted octanol–water partition coefficient (Wildman–Crippen LogP) is 5.17. The molecule has 1 aliphatic heterocycles. The minimum atomic E-state index is -0.227. The van der Waals surface area contributed by atoms with Gasteiger partial charge in [-0.25, -0.2) is 0 Å². The molecule has 1 saturated heterocycles. The summed E-state index contributed by atoms with van der Waals surface area (Å²) in [6.45, 7) is 0. The molecule has 24 heavy (non-hydrogen) atoms. The molecule has 0 unspecified atom stereocenters. The number of methoxy groups -OCH3 is 2. The normalized spacial score (nSPS) is 24.2. The smallest absolute Gasteiger partial charge is 0.159 e. The lowest BCUT2D eigenvalue weighted by atomic mass is 9.86. The average Bonchev–Trinajstić information content (AvgIpc) is 2.64. The molecule has 0 saturated carbocycles. The number of ether oxygens (including phenoxy) is 3. The first-order chi connectivity index (χ1) is 11.7. The number of rotatable bonds is 5. The van der Waals surface area contributed by atoms with E-state index in [9.17, 15) is 0 Å². The minimum Gasteiger partial charge on any atom is -0.366 e. The van der Waals surface area contributed by atoms with E-state index >= 15 is 0 Å². The molecule has 0 aromatic heterocycles. The van der Waals surface area contributed by atoms with E-state index in [0.717, 1.165) is 23.4 Å². The number of hydrogen-bond donors (Lipinski definition) is 0. The van der Waals surface area contributed by atoms with Crippen molar-refractivity contribution in [1.29, 1.82) is 0 Å². The second-order valence-corrected chi connectivity index (χ2v) is 6.58. The van der Waals surface area contributed by atoms with Crippen molar-refractivity contribution < 1.29 is 14.2 Å². The van der Waals surface area contributed by atoms with E-state index in [1.54, 1.807) is 14.2 Å². The Labute approximate surface area is 148 Å². The Bertz CT molecular complexity index is 625. The van der Waals surface area contributed by atoms with E-state index < -0.39 is 0 Å². The van der Waals surface area contributed by atoms with Crippen molar-refractivity contribution in [3.8, 4) is 0 Å². The molecule has 3 rings (SSSR count). The fraction of sp³-hybridized carbons (Fsp3) is 0.400. The van der Waals surface area contributed by atoms with Crippen molar-refractivity contribution in [2.45, 2.75) is 31.3 Å². The summed E-state index contributed by atoms with van der Waals surface area (Å²) in [5.74, 6) is 0.264. The highest BCUT2D eigenvalue weighted by molar-refractivity contribution is 6.30. The van der Waals surface area contributed by atoms with E-state index in [-0.39, 0.29) is 24.4 Å². The van der Waals surface area contributed by atoms with Gasteiger partial charge in [0.1, 0.15) is 0 Å². The van der Waals surface area contributed by atoms with Crippen LogP contribution < -0.4 is 0 Å². The summed E-state index contributed by atoms with van der Waals surface area (Å²) in [6.07, 6.45) is 1.53. The van der Waals surface area contributed by atoms with Crippen LogP contribution in [-0.4, -0.2) is 20.5 Å². The summed E-state index contributed by atoms with van der Waals surface area (Å²) in [5, 5.41) is 0.734. The Morgan fingerprint density at radius 3 is 1.96 bits per heavy atom. The van der Waals surface area contributed by atoms with Gasteiger partial charge < -0.3 is 14.2 Å². The Morgan fingerprint density at radius 1 is 0.875 bits per heavy atom. The van der Waals surface area contributed by atoms with Crippen LogP contribution in [0.1, 0.15) is 36.2 Å². The third-order valence-electron chi connectivity index (χ3n) is 4.62. The Balaban J connectivity index is 1.86. The fourth-order valence-corrected chi connectivity index (χ4v) is 3.56. The van der Waals surface area contributed by atoms with E-state index in [1.165, 1.54) is 5.56 Å².